The van der Waals surface area contributed by atoms with Crippen LogP contribution in [0.4, 0.5) is 0 Å². The van der Waals surface area contributed by atoms with Crippen molar-refractivity contribution in [1.82, 2.24) is 9.78 Å². The van der Waals surface area contributed by atoms with Crippen LogP contribution in [-0.4, -0.2) is 14.9 Å². The smallest absolute Gasteiger partial charge is 0.119 e. The van der Waals surface area contributed by atoms with Gasteiger partial charge in [-0.1, -0.05) is 0 Å². The predicted molar refractivity (Wildman–Crippen MR) is 47.1 cm³/mol. The average Bonchev–Trinajstić information content (AvgIpc) is 2.35. The third-order valence-electron chi connectivity index (χ3n) is 2.06. The molecule has 0 aliphatic rings. The van der Waals surface area contributed by atoms with Crippen LogP contribution in [0.25, 0.3) is 10.9 Å². The predicted octanol–water partition coefficient (Wildman–Crippen LogP) is 1.59. The molecule has 1 aromatic heterocycles. The number of rotatable bonds is 0. The van der Waals surface area contributed by atoms with Gasteiger partial charge in [-0.25, -0.2) is 0 Å². The van der Waals surface area contributed by atoms with Gasteiger partial charge in [0.1, 0.15) is 5.75 Å². The van der Waals surface area contributed by atoms with Crippen LogP contribution in [0.5, 0.6) is 5.75 Å². The van der Waals surface area contributed by atoms with E-state index in [1.807, 2.05) is 20.0 Å². The molecule has 0 aliphatic heterocycles. The second-order valence-corrected chi connectivity index (χ2v) is 2.97. The van der Waals surface area contributed by atoms with E-state index in [0.29, 0.717) is 5.75 Å². The van der Waals surface area contributed by atoms with E-state index in [2.05, 4.69) is 5.10 Å². The number of aromatic hydroxyl groups is 1. The lowest BCUT2D eigenvalue weighted by molar-refractivity contribution is 0.472. The monoisotopic (exact) mass is 162 g/mol. The Balaban J connectivity index is 2.87. The van der Waals surface area contributed by atoms with Gasteiger partial charge in [0.25, 0.3) is 0 Å². The first-order valence-electron chi connectivity index (χ1n) is 3.80. The van der Waals surface area contributed by atoms with Gasteiger partial charge in [0.15, 0.2) is 0 Å². The minimum atomic E-state index is 0.329. The van der Waals surface area contributed by atoms with Crippen molar-refractivity contribution in [2.45, 2.75) is 6.92 Å². The van der Waals surface area contributed by atoms with E-state index in [4.69, 9.17) is 0 Å². The number of aromatic nitrogens is 2. The number of phenols is 1. The Hall–Kier alpha value is -1.51. The summed E-state index contributed by atoms with van der Waals surface area (Å²) in [5.74, 6) is 0.329. The zero-order valence-corrected chi connectivity index (χ0v) is 7.07. The normalized spacial score (nSPS) is 10.8. The first-order valence-corrected chi connectivity index (χ1v) is 3.80. The highest BCUT2D eigenvalue weighted by atomic mass is 16.3. The Morgan fingerprint density at radius 3 is 2.92 bits per heavy atom. The molecule has 3 nitrogen and oxygen atoms in total. The quantitative estimate of drug-likeness (QED) is 0.638. The lowest BCUT2D eigenvalue weighted by Gasteiger charge is -1.99. The van der Waals surface area contributed by atoms with Crippen molar-refractivity contribution in [2.24, 2.45) is 7.05 Å². The Morgan fingerprint density at radius 2 is 2.17 bits per heavy atom. The van der Waals surface area contributed by atoms with Crippen molar-refractivity contribution in [3.63, 3.8) is 0 Å². The molecule has 0 unspecified atom stereocenters. The molecule has 0 saturated heterocycles. The molecular formula is C9H10N2O. The Morgan fingerprint density at radius 1 is 1.42 bits per heavy atom. The number of aryl methyl sites for hydroxylation is 2. The molecule has 62 valence electrons. The summed E-state index contributed by atoms with van der Waals surface area (Å²) in [5.41, 5.74) is 1.93. The molecule has 2 rings (SSSR count). The molecule has 0 spiro atoms. The second kappa shape index (κ2) is 2.24. The van der Waals surface area contributed by atoms with Crippen LogP contribution in [0, 0.1) is 6.92 Å². The molecule has 1 aromatic carbocycles. The van der Waals surface area contributed by atoms with Crippen molar-refractivity contribution < 1.29 is 5.11 Å². The molecule has 0 bridgehead atoms. The summed E-state index contributed by atoms with van der Waals surface area (Å²) >= 11 is 0. The average molecular weight is 162 g/mol. The molecule has 0 amide bonds. The summed E-state index contributed by atoms with van der Waals surface area (Å²) < 4.78 is 1.79. The second-order valence-electron chi connectivity index (χ2n) is 2.97. The summed E-state index contributed by atoms with van der Waals surface area (Å²) in [6.07, 6.45) is 1.74. The lowest BCUT2D eigenvalue weighted by atomic mass is 10.1. The van der Waals surface area contributed by atoms with Gasteiger partial charge in [-0.05, 0) is 24.6 Å². The molecule has 0 fully saturated rings. The van der Waals surface area contributed by atoms with E-state index >= 15 is 0 Å². The van der Waals surface area contributed by atoms with Crippen LogP contribution in [0.2, 0.25) is 0 Å². The van der Waals surface area contributed by atoms with E-state index in [1.165, 1.54) is 0 Å². The summed E-state index contributed by atoms with van der Waals surface area (Å²) in [6.45, 7) is 1.88. The minimum absolute atomic E-state index is 0.329. The fourth-order valence-electron chi connectivity index (χ4n) is 1.29. The number of benzene rings is 1. The molecule has 0 saturated carbocycles. The van der Waals surface area contributed by atoms with Crippen LogP contribution >= 0.6 is 0 Å². The third kappa shape index (κ3) is 0.863. The van der Waals surface area contributed by atoms with Crippen LogP contribution in [0.1, 0.15) is 5.56 Å². The topological polar surface area (TPSA) is 38.0 Å². The van der Waals surface area contributed by atoms with Crippen molar-refractivity contribution in [3.05, 3.63) is 23.9 Å². The molecule has 0 atom stereocenters. The Labute approximate surface area is 70.2 Å². The fraction of sp³-hybridized carbons (Fsp3) is 0.222. The fourth-order valence-corrected chi connectivity index (χ4v) is 1.29. The van der Waals surface area contributed by atoms with Gasteiger partial charge in [0.05, 0.1) is 11.7 Å². The SMILES string of the molecule is Cc1cc2c(cnn2C)cc1O. The highest BCUT2D eigenvalue weighted by Crippen LogP contribution is 2.23. The molecule has 0 radical (unpaired) electrons. The van der Waals surface area contributed by atoms with Crippen LogP contribution in [0.15, 0.2) is 18.3 Å². The van der Waals surface area contributed by atoms with E-state index in [1.54, 1.807) is 16.9 Å². The summed E-state index contributed by atoms with van der Waals surface area (Å²) in [5, 5.41) is 14.4. The van der Waals surface area contributed by atoms with Gasteiger partial charge in [-0.3, -0.25) is 4.68 Å². The van der Waals surface area contributed by atoms with E-state index in [0.717, 1.165) is 16.5 Å². The van der Waals surface area contributed by atoms with Gasteiger partial charge < -0.3 is 5.11 Å². The number of hydrogen-bond acceptors (Lipinski definition) is 2. The first-order chi connectivity index (χ1) is 5.68. The molecule has 12 heavy (non-hydrogen) atoms. The van der Waals surface area contributed by atoms with E-state index < -0.39 is 0 Å². The maximum atomic E-state index is 9.39. The van der Waals surface area contributed by atoms with Crippen LogP contribution < -0.4 is 0 Å². The highest BCUT2D eigenvalue weighted by molar-refractivity contribution is 5.81. The zero-order chi connectivity index (χ0) is 8.72. The van der Waals surface area contributed by atoms with E-state index in [-0.39, 0.29) is 0 Å². The number of hydrogen-bond donors (Lipinski definition) is 1. The standard InChI is InChI=1S/C9H10N2O/c1-6-3-8-7(4-9(6)12)5-10-11(8)2/h3-5,12H,1-2H3. The van der Waals surface area contributed by atoms with Gasteiger partial charge in [0, 0.05) is 12.4 Å². The number of phenolic OH excluding ortho intramolecular Hbond substituents is 1. The van der Waals surface area contributed by atoms with Crippen molar-refractivity contribution in [1.29, 1.82) is 0 Å². The maximum Gasteiger partial charge on any atom is 0.119 e. The molecule has 1 N–H and O–H groups in total. The number of nitrogens with zero attached hydrogens (tertiary/aromatic N) is 2. The lowest BCUT2D eigenvalue weighted by Crippen LogP contribution is -1.88. The Kier molecular flexibility index (Phi) is 1.33. The van der Waals surface area contributed by atoms with Crippen LogP contribution in [0.3, 0.4) is 0 Å². The summed E-state index contributed by atoms with van der Waals surface area (Å²) in [6, 6.07) is 3.66. The van der Waals surface area contributed by atoms with Gasteiger partial charge in [-0.15, -0.1) is 0 Å². The third-order valence-corrected chi connectivity index (χ3v) is 2.06. The summed E-state index contributed by atoms with van der Waals surface area (Å²) in [7, 11) is 1.89. The summed E-state index contributed by atoms with van der Waals surface area (Å²) in [4.78, 5) is 0. The number of fused-ring (bicyclic) bond motifs is 1. The van der Waals surface area contributed by atoms with Gasteiger partial charge in [0.2, 0.25) is 0 Å². The van der Waals surface area contributed by atoms with Crippen molar-refractivity contribution in [2.75, 3.05) is 0 Å². The van der Waals surface area contributed by atoms with Crippen molar-refractivity contribution in [3.8, 4) is 5.75 Å². The molecule has 2 aromatic rings. The zero-order valence-electron chi connectivity index (χ0n) is 7.07. The Bertz CT molecular complexity index is 431. The minimum Gasteiger partial charge on any atom is -0.508 e. The van der Waals surface area contributed by atoms with Gasteiger partial charge >= 0.3 is 0 Å². The van der Waals surface area contributed by atoms with E-state index in [9.17, 15) is 5.11 Å². The highest BCUT2D eigenvalue weighted by Gasteiger charge is 2.02. The molecular weight excluding hydrogens is 152 g/mol. The molecule has 1 heterocycles. The largest absolute Gasteiger partial charge is 0.508 e. The first kappa shape index (κ1) is 7.16. The molecule has 3 heteroatoms. The van der Waals surface area contributed by atoms with Gasteiger partial charge in [-0.2, -0.15) is 5.10 Å². The van der Waals surface area contributed by atoms with Crippen molar-refractivity contribution >= 4 is 10.9 Å². The van der Waals surface area contributed by atoms with Crippen LogP contribution in [-0.2, 0) is 7.05 Å². The molecule has 0 aliphatic carbocycles. The maximum absolute atomic E-state index is 9.39.